The third kappa shape index (κ3) is 2.94. The van der Waals surface area contributed by atoms with Gasteiger partial charge in [-0.15, -0.1) is 0 Å². The van der Waals surface area contributed by atoms with E-state index >= 15 is 0 Å². The number of rotatable bonds is 2. The lowest BCUT2D eigenvalue weighted by Gasteiger charge is -2.26. The van der Waals surface area contributed by atoms with Crippen molar-refractivity contribution in [1.29, 1.82) is 0 Å². The molecule has 1 saturated heterocycles. The normalized spacial score (nSPS) is 15.2. The van der Waals surface area contributed by atoms with Crippen molar-refractivity contribution in [3.05, 3.63) is 41.0 Å². The van der Waals surface area contributed by atoms with Crippen LogP contribution in [0.2, 0.25) is 5.02 Å². The van der Waals surface area contributed by atoms with Crippen LogP contribution in [0.3, 0.4) is 0 Å². The number of hydrogen-bond donors (Lipinski definition) is 0. The molecule has 5 nitrogen and oxygen atoms in total. The minimum atomic E-state index is -0.00601. The Morgan fingerprint density at radius 2 is 1.90 bits per heavy atom. The fourth-order valence-corrected chi connectivity index (χ4v) is 2.48. The number of aromatic nitrogens is 2. The Morgan fingerprint density at radius 1 is 1.24 bits per heavy atom. The van der Waals surface area contributed by atoms with Crippen LogP contribution in [-0.2, 0) is 11.8 Å². The Bertz CT molecular complexity index is 645. The minimum Gasteiger partial charge on any atom is -0.378 e. The average molecular weight is 306 g/mol. The summed E-state index contributed by atoms with van der Waals surface area (Å²) in [6, 6.07) is 9.24. The molecule has 6 heteroatoms. The van der Waals surface area contributed by atoms with Gasteiger partial charge in [-0.3, -0.25) is 9.48 Å². The van der Waals surface area contributed by atoms with Crippen LogP contribution in [0.4, 0.5) is 0 Å². The molecule has 21 heavy (non-hydrogen) atoms. The van der Waals surface area contributed by atoms with E-state index in [1.165, 1.54) is 0 Å². The molecule has 1 aromatic heterocycles. The average Bonchev–Trinajstić information content (AvgIpc) is 2.90. The van der Waals surface area contributed by atoms with Crippen molar-refractivity contribution < 1.29 is 9.53 Å². The molecule has 0 unspecified atom stereocenters. The third-order valence-electron chi connectivity index (χ3n) is 3.54. The Labute approximate surface area is 128 Å². The first-order chi connectivity index (χ1) is 10.1. The summed E-state index contributed by atoms with van der Waals surface area (Å²) in [5, 5.41) is 5.10. The predicted octanol–water partition coefficient (Wildman–Crippen LogP) is 2.21. The Balaban J connectivity index is 1.87. The number of aryl methyl sites for hydroxylation is 1. The van der Waals surface area contributed by atoms with E-state index < -0.39 is 0 Å². The fourth-order valence-electron chi connectivity index (χ4n) is 2.36. The Kier molecular flexibility index (Phi) is 3.94. The van der Waals surface area contributed by atoms with Gasteiger partial charge >= 0.3 is 0 Å². The van der Waals surface area contributed by atoms with Gasteiger partial charge in [0, 0.05) is 30.7 Å². The topological polar surface area (TPSA) is 47.4 Å². The van der Waals surface area contributed by atoms with Crippen molar-refractivity contribution >= 4 is 17.5 Å². The van der Waals surface area contributed by atoms with Crippen LogP contribution in [0.15, 0.2) is 30.3 Å². The number of hydrogen-bond acceptors (Lipinski definition) is 3. The second-order valence-electron chi connectivity index (χ2n) is 4.95. The van der Waals surface area contributed by atoms with E-state index in [2.05, 4.69) is 5.10 Å². The molecule has 1 amide bonds. The van der Waals surface area contributed by atoms with Crippen LogP contribution in [0.1, 0.15) is 10.5 Å². The number of carbonyl (C=O) groups excluding carboxylic acids is 1. The summed E-state index contributed by atoms with van der Waals surface area (Å²) < 4.78 is 6.90. The molecule has 3 rings (SSSR count). The van der Waals surface area contributed by atoms with Gasteiger partial charge in [-0.05, 0) is 18.2 Å². The highest BCUT2D eigenvalue weighted by atomic mass is 35.5. The number of ether oxygens (including phenoxy) is 1. The molecule has 0 spiro atoms. The van der Waals surface area contributed by atoms with Gasteiger partial charge in [-0.2, -0.15) is 5.10 Å². The molecule has 0 aliphatic carbocycles. The van der Waals surface area contributed by atoms with E-state index in [-0.39, 0.29) is 5.91 Å². The summed E-state index contributed by atoms with van der Waals surface area (Å²) in [6.07, 6.45) is 0. The van der Waals surface area contributed by atoms with E-state index in [4.69, 9.17) is 16.3 Å². The maximum absolute atomic E-state index is 12.5. The zero-order chi connectivity index (χ0) is 14.8. The predicted molar refractivity (Wildman–Crippen MR) is 80.4 cm³/mol. The van der Waals surface area contributed by atoms with E-state index in [0.29, 0.717) is 37.0 Å². The smallest absolute Gasteiger partial charge is 0.272 e. The first kappa shape index (κ1) is 14.1. The zero-order valence-corrected chi connectivity index (χ0v) is 12.5. The lowest BCUT2D eigenvalue weighted by molar-refractivity contribution is 0.0295. The van der Waals surface area contributed by atoms with Crippen molar-refractivity contribution in [3.8, 4) is 11.3 Å². The number of carbonyl (C=O) groups is 1. The molecule has 110 valence electrons. The van der Waals surface area contributed by atoms with Crippen LogP contribution in [-0.4, -0.2) is 46.9 Å². The largest absolute Gasteiger partial charge is 0.378 e. The summed E-state index contributed by atoms with van der Waals surface area (Å²) in [6.45, 7) is 2.43. The number of morpholine rings is 1. The number of benzene rings is 1. The molecule has 0 radical (unpaired) electrons. The van der Waals surface area contributed by atoms with Crippen molar-refractivity contribution in [2.24, 2.45) is 7.05 Å². The molecule has 1 aromatic carbocycles. The summed E-state index contributed by atoms with van der Waals surface area (Å²) in [4.78, 5) is 14.3. The highest BCUT2D eigenvalue weighted by Crippen LogP contribution is 2.21. The summed E-state index contributed by atoms with van der Waals surface area (Å²) in [5.74, 6) is -0.00601. The molecule has 0 N–H and O–H groups in total. The van der Waals surface area contributed by atoms with E-state index in [0.717, 1.165) is 11.3 Å². The third-order valence-corrected chi connectivity index (χ3v) is 3.79. The molecular weight excluding hydrogens is 290 g/mol. The van der Waals surface area contributed by atoms with Crippen LogP contribution in [0, 0.1) is 0 Å². The van der Waals surface area contributed by atoms with Gasteiger partial charge in [0.15, 0.2) is 0 Å². The number of halogens is 1. The lowest BCUT2D eigenvalue weighted by Crippen LogP contribution is -2.41. The second-order valence-corrected chi connectivity index (χ2v) is 5.39. The summed E-state index contributed by atoms with van der Waals surface area (Å²) >= 11 is 5.89. The quantitative estimate of drug-likeness (QED) is 0.854. The van der Waals surface area contributed by atoms with E-state index in [1.54, 1.807) is 16.6 Å². The van der Waals surface area contributed by atoms with Gasteiger partial charge in [0.25, 0.3) is 5.91 Å². The van der Waals surface area contributed by atoms with Crippen LogP contribution in [0.25, 0.3) is 11.3 Å². The minimum absolute atomic E-state index is 0.00601. The molecule has 1 aliphatic rings. The molecular formula is C15H16ClN3O2. The van der Waals surface area contributed by atoms with Crippen molar-refractivity contribution in [2.75, 3.05) is 26.3 Å². The summed E-state index contributed by atoms with van der Waals surface area (Å²) in [7, 11) is 1.78. The monoisotopic (exact) mass is 305 g/mol. The molecule has 2 aromatic rings. The van der Waals surface area contributed by atoms with E-state index in [9.17, 15) is 4.79 Å². The highest BCUT2D eigenvalue weighted by Gasteiger charge is 2.22. The van der Waals surface area contributed by atoms with Gasteiger partial charge < -0.3 is 9.64 Å². The first-order valence-corrected chi connectivity index (χ1v) is 7.20. The maximum atomic E-state index is 12.5. The zero-order valence-electron chi connectivity index (χ0n) is 11.8. The van der Waals surface area contributed by atoms with Gasteiger partial charge in [0.2, 0.25) is 0 Å². The van der Waals surface area contributed by atoms with Crippen molar-refractivity contribution in [3.63, 3.8) is 0 Å². The molecule has 0 bridgehead atoms. The lowest BCUT2D eigenvalue weighted by atomic mass is 10.1. The Morgan fingerprint density at radius 3 is 2.57 bits per heavy atom. The van der Waals surface area contributed by atoms with Crippen molar-refractivity contribution in [2.45, 2.75) is 0 Å². The van der Waals surface area contributed by atoms with Gasteiger partial charge in [0.05, 0.1) is 18.9 Å². The van der Waals surface area contributed by atoms with Crippen LogP contribution in [0.5, 0.6) is 0 Å². The Hall–Kier alpha value is -1.85. The maximum Gasteiger partial charge on any atom is 0.272 e. The fraction of sp³-hybridized carbons (Fsp3) is 0.333. The van der Waals surface area contributed by atoms with E-state index in [1.807, 2.05) is 30.3 Å². The van der Waals surface area contributed by atoms with Crippen molar-refractivity contribution in [1.82, 2.24) is 14.7 Å². The first-order valence-electron chi connectivity index (χ1n) is 6.82. The highest BCUT2D eigenvalue weighted by molar-refractivity contribution is 6.30. The number of amides is 1. The van der Waals surface area contributed by atoms with Gasteiger partial charge in [-0.1, -0.05) is 23.7 Å². The molecule has 0 atom stereocenters. The van der Waals surface area contributed by atoms with Crippen LogP contribution >= 0.6 is 11.6 Å². The molecule has 1 aliphatic heterocycles. The second kappa shape index (κ2) is 5.87. The standard InChI is InChI=1S/C15H16ClN3O2/c1-18-14(15(20)19-6-8-21-9-7-19)10-13(17-18)11-2-4-12(16)5-3-11/h2-5,10H,6-9H2,1H3. The van der Waals surface area contributed by atoms with Gasteiger partial charge in [-0.25, -0.2) is 0 Å². The summed E-state index contributed by atoms with van der Waals surface area (Å²) in [5.41, 5.74) is 2.30. The SMILES string of the molecule is Cn1nc(-c2ccc(Cl)cc2)cc1C(=O)N1CCOCC1. The van der Waals surface area contributed by atoms with Gasteiger partial charge in [0.1, 0.15) is 5.69 Å². The molecule has 0 saturated carbocycles. The van der Waals surface area contributed by atoms with Crippen LogP contribution < -0.4 is 0 Å². The number of nitrogens with zero attached hydrogens (tertiary/aromatic N) is 3. The molecule has 2 heterocycles. The molecule has 1 fully saturated rings.